The molecule has 0 aromatic heterocycles. The van der Waals surface area contributed by atoms with Crippen molar-refractivity contribution in [3.05, 3.63) is 26.2 Å². The van der Waals surface area contributed by atoms with Gasteiger partial charge in [-0.2, -0.15) is 0 Å². The summed E-state index contributed by atoms with van der Waals surface area (Å²) in [4.78, 5) is 21.7. The van der Waals surface area contributed by atoms with Gasteiger partial charge in [0.15, 0.2) is 0 Å². The Hall–Kier alpha value is -1.18. The summed E-state index contributed by atoms with van der Waals surface area (Å²) < 4.78 is 10.1. The zero-order valence-electron chi connectivity index (χ0n) is 8.11. The first-order valence-electron chi connectivity index (χ1n) is 3.93. The number of methoxy groups -OCH3 is 2. The summed E-state index contributed by atoms with van der Waals surface area (Å²) in [6.07, 6.45) is 0. The topological polar surface area (TPSA) is 65.0 Å². The van der Waals surface area contributed by atoms with E-state index in [2.05, 4.69) is 9.91 Å². The number of ether oxygens (including phenoxy) is 2. The Balaban J connectivity index is 3.32. The maximum absolute atomic E-state index is 11.2. The maximum atomic E-state index is 11.2. The zero-order chi connectivity index (χ0) is 11.4. The second kappa shape index (κ2) is 5.06. The van der Waals surface area contributed by atoms with Gasteiger partial charge in [0.25, 0.3) is 0 Å². The van der Waals surface area contributed by atoms with Gasteiger partial charge in [0.1, 0.15) is 11.4 Å². The van der Waals surface area contributed by atoms with Crippen LogP contribution in [0.4, 0.5) is 5.69 Å². The van der Waals surface area contributed by atoms with Crippen LogP contribution in [0.3, 0.4) is 0 Å². The number of hydrogen-bond acceptors (Lipinski definition) is 5. The molecule has 6 heteroatoms. The second-order valence-corrected chi connectivity index (χ2v) is 3.67. The minimum Gasteiger partial charge on any atom is -0.496 e. The molecule has 80 valence electrons. The van der Waals surface area contributed by atoms with Crippen molar-refractivity contribution >= 4 is 34.2 Å². The summed E-state index contributed by atoms with van der Waals surface area (Å²) in [6, 6.07) is 2.87. The van der Waals surface area contributed by atoms with Gasteiger partial charge in [-0.15, -0.1) is 4.91 Å². The number of esters is 1. The Morgan fingerprint density at radius 2 is 2.07 bits per heavy atom. The van der Waals surface area contributed by atoms with Gasteiger partial charge in [-0.3, -0.25) is 0 Å². The van der Waals surface area contributed by atoms with Gasteiger partial charge in [-0.25, -0.2) is 4.79 Å². The summed E-state index contributed by atoms with van der Waals surface area (Å²) in [5.74, 6) is -0.109. The molecule has 0 heterocycles. The first-order chi connectivity index (χ1) is 7.13. The fraction of sp³-hybridized carbons (Fsp3) is 0.222. The van der Waals surface area contributed by atoms with Crippen LogP contribution in [0.1, 0.15) is 10.4 Å². The van der Waals surface area contributed by atoms with Crippen molar-refractivity contribution in [1.29, 1.82) is 0 Å². The molecule has 0 radical (unpaired) electrons. The summed E-state index contributed by atoms with van der Waals surface area (Å²) in [6.45, 7) is 0. The van der Waals surface area contributed by atoms with Crippen LogP contribution in [0, 0.1) is 8.48 Å². The predicted octanol–water partition coefficient (Wildman–Crippen LogP) is 2.48. The number of benzene rings is 1. The van der Waals surface area contributed by atoms with Gasteiger partial charge in [0.05, 0.1) is 23.4 Å². The highest BCUT2D eigenvalue weighted by Gasteiger charge is 2.14. The van der Waals surface area contributed by atoms with Crippen LogP contribution >= 0.6 is 22.6 Å². The smallest absolute Gasteiger partial charge is 0.338 e. The molecule has 5 nitrogen and oxygen atoms in total. The van der Waals surface area contributed by atoms with Gasteiger partial charge in [-0.1, -0.05) is 0 Å². The average molecular weight is 321 g/mol. The van der Waals surface area contributed by atoms with Crippen LogP contribution in [0.25, 0.3) is 0 Å². The van der Waals surface area contributed by atoms with Crippen molar-refractivity contribution < 1.29 is 14.3 Å². The molecule has 1 aromatic rings. The van der Waals surface area contributed by atoms with Crippen molar-refractivity contribution in [3.63, 3.8) is 0 Å². The molecule has 0 spiro atoms. The fourth-order valence-corrected chi connectivity index (χ4v) is 1.66. The van der Waals surface area contributed by atoms with Crippen molar-refractivity contribution in [2.45, 2.75) is 0 Å². The number of nitroso groups, excluding NO2 is 1. The third-order valence-corrected chi connectivity index (χ3v) is 2.84. The fourth-order valence-electron chi connectivity index (χ4n) is 1.03. The van der Waals surface area contributed by atoms with E-state index in [1.165, 1.54) is 26.4 Å². The maximum Gasteiger partial charge on any atom is 0.338 e. The molecule has 15 heavy (non-hydrogen) atoms. The van der Waals surface area contributed by atoms with Crippen LogP contribution in [0.5, 0.6) is 5.75 Å². The number of rotatable bonds is 3. The second-order valence-electron chi connectivity index (χ2n) is 2.59. The Morgan fingerprint density at radius 1 is 1.40 bits per heavy atom. The van der Waals surface area contributed by atoms with Crippen LogP contribution in [-0.2, 0) is 4.74 Å². The predicted molar refractivity (Wildman–Crippen MR) is 62.5 cm³/mol. The molecular formula is C9H8INO4. The van der Waals surface area contributed by atoms with E-state index in [0.717, 1.165) is 0 Å². The molecule has 0 bridgehead atoms. The van der Waals surface area contributed by atoms with Crippen molar-refractivity contribution in [2.24, 2.45) is 5.18 Å². The number of halogens is 1. The third kappa shape index (κ3) is 2.44. The molecule has 1 rings (SSSR count). The number of hydrogen-bond donors (Lipinski definition) is 0. The summed E-state index contributed by atoms with van der Waals surface area (Å²) in [7, 11) is 2.72. The highest BCUT2D eigenvalue weighted by atomic mass is 127. The molecule has 0 saturated heterocycles. The molecule has 0 atom stereocenters. The Kier molecular flexibility index (Phi) is 4.01. The SMILES string of the molecule is COC(=O)c1cc(N=O)c(I)c(OC)c1. The van der Waals surface area contributed by atoms with E-state index in [0.29, 0.717) is 9.32 Å². The molecule has 0 saturated carbocycles. The average Bonchev–Trinajstić information content (AvgIpc) is 2.28. The minimum absolute atomic E-state index is 0.162. The highest BCUT2D eigenvalue weighted by molar-refractivity contribution is 14.1. The Bertz CT molecular complexity index is 405. The highest BCUT2D eigenvalue weighted by Crippen LogP contribution is 2.32. The zero-order valence-corrected chi connectivity index (χ0v) is 10.3. The lowest BCUT2D eigenvalue weighted by atomic mass is 10.2. The van der Waals surface area contributed by atoms with Crippen LogP contribution < -0.4 is 4.74 Å². The van der Waals surface area contributed by atoms with E-state index < -0.39 is 5.97 Å². The molecule has 1 aromatic carbocycles. The lowest BCUT2D eigenvalue weighted by Crippen LogP contribution is -2.02. The van der Waals surface area contributed by atoms with Gasteiger partial charge in [0.2, 0.25) is 0 Å². The molecule has 0 fully saturated rings. The van der Waals surface area contributed by atoms with Gasteiger partial charge in [-0.05, 0) is 39.9 Å². The molecule has 0 aliphatic carbocycles. The van der Waals surface area contributed by atoms with Crippen LogP contribution in [-0.4, -0.2) is 20.2 Å². The first kappa shape index (κ1) is 11.9. The van der Waals surface area contributed by atoms with Crippen molar-refractivity contribution in [1.82, 2.24) is 0 Å². The molecule has 0 amide bonds. The molecule has 0 unspecified atom stereocenters. The van der Waals surface area contributed by atoms with Gasteiger partial charge >= 0.3 is 5.97 Å². The van der Waals surface area contributed by atoms with Crippen LogP contribution in [0.2, 0.25) is 0 Å². The Morgan fingerprint density at radius 3 is 2.53 bits per heavy atom. The largest absolute Gasteiger partial charge is 0.496 e. The molecule has 0 N–H and O–H groups in total. The summed E-state index contributed by atoms with van der Waals surface area (Å²) >= 11 is 1.92. The molecule has 0 aliphatic heterocycles. The van der Waals surface area contributed by atoms with Crippen LogP contribution in [0.15, 0.2) is 17.3 Å². The van der Waals surface area contributed by atoms with E-state index in [9.17, 15) is 9.70 Å². The third-order valence-electron chi connectivity index (χ3n) is 1.76. The van der Waals surface area contributed by atoms with E-state index >= 15 is 0 Å². The number of carbonyl (C=O) groups excluding carboxylic acids is 1. The summed E-state index contributed by atoms with van der Waals surface area (Å²) in [5, 5.41) is 2.81. The van der Waals surface area contributed by atoms with Gasteiger partial charge < -0.3 is 9.47 Å². The normalized spacial score (nSPS) is 9.53. The van der Waals surface area contributed by atoms with E-state index in [1.54, 1.807) is 0 Å². The van der Waals surface area contributed by atoms with E-state index in [4.69, 9.17) is 4.74 Å². The molecular weight excluding hydrogens is 313 g/mol. The standard InChI is InChI=1S/C9H8INO4/c1-14-7-4-5(9(12)15-2)3-6(11-13)8(7)10/h3-4H,1-2H3. The lowest BCUT2D eigenvalue weighted by molar-refractivity contribution is 0.0600. The summed E-state index contributed by atoms with van der Waals surface area (Å²) in [5.41, 5.74) is 0.403. The van der Waals surface area contributed by atoms with E-state index in [-0.39, 0.29) is 11.3 Å². The van der Waals surface area contributed by atoms with Crippen molar-refractivity contribution in [2.75, 3.05) is 14.2 Å². The first-order valence-corrected chi connectivity index (χ1v) is 5.01. The quantitative estimate of drug-likeness (QED) is 0.487. The minimum atomic E-state index is -0.533. The van der Waals surface area contributed by atoms with E-state index in [1.807, 2.05) is 22.6 Å². The number of nitrogens with zero attached hydrogens (tertiary/aromatic N) is 1. The lowest BCUT2D eigenvalue weighted by Gasteiger charge is -2.06. The monoisotopic (exact) mass is 321 g/mol. The molecule has 0 aliphatic rings. The van der Waals surface area contributed by atoms with Crippen molar-refractivity contribution in [3.8, 4) is 5.75 Å². The Labute approximate surface area is 99.9 Å². The van der Waals surface area contributed by atoms with Gasteiger partial charge in [0, 0.05) is 0 Å². The number of carbonyl (C=O) groups is 1.